The number of benzene rings is 1. The molecule has 1 aromatic rings. The summed E-state index contributed by atoms with van der Waals surface area (Å²) in [5.41, 5.74) is -0.760. The molecule has 1 saturated heterocycles. The lowest BCUT2D eigenvalue weighted by molar-refractivity contribution is -0.174. The van der Waals surface area contributed by atoms with Crippen LogP contribution in [0, 0.1) is 11.7 Å². The van der Waals surface area contributed by atoms with Gasteiger partial charge in [0.05, 0.1) is 7.11 Å². The molecule has 2 fully saturated rings. The van der Waals surface area contributed by atoms with Crippen molar-refractivity contribution in [2.45, 2.75) is 44.2 Å². The zero-order valence-corrected chi connectivity index (χ0v) is 17.7. The van der Waals surface area contributed by atoms with Crippen LogP contribution >= 0.6 is 15.9 Å². The second-order valence-corrected chi connectivity index (χ2v) is 9.08. The van der Waals surface area contributed by atoms with Crippen molar-refractivity contribution in [3.8, 4) is 0 Å². The van der Waals surface area contributed by atoms with Crippen molar-refractivity contribution in [1.82, 2.24) is 9.96 Å². The van der Waals surface area contributed by atoms with Crippen molar-refractivity contribution in [3.05, 3.63) is 34.1 Å². The van der Waals surface area contributed by atoms with E-state index >= 15 is 0 Å². The fourth-order valence-electron chi connectivity index (χ4n) is 3.90. The molecule has 0 aromatic heterocycles. The number of nitrogens with zero attached hydrogens (tertiary/aromatic N) is 2. The Morgan fingerprint density at radius 1 is 1.37 bits per heavy atom. The summed E-state index contributed by atoms with van der Waals surface area (Å²) in [5.74, 6) is -0.861. The van der Waals surface area contributed by atoms with E-state index in [2.05, 4.69) is 15.9 Å². The van der Waals surface area contributed by atoms with Crippen LogP contribution < -0.4 is 0 Å². The molecule has 27 heavy (non-hydrogen) atoms. The fourth-order valence-corrected chi connectivity index (χ4v) is 4.26. The first-order chi connectivity index (χ1) is 12.5. The van der Waals surface area contributed by atoms with Gasteiger partial charge in [-0.25, -0.2) is 14.2 Å². The highest BCUT2D eigenvalue weighted by molar-refractivity contribution is 9.10. The van der Waals surface area contributed by atoms with Gasteiger partial charge in [-0.05, 0) is 51.0 Å². The molecule has 1 heterocycles. The van der Waals surface area contributed by atoms with Gasteiger partial charge in [0.2, 0.25) is 0 Å². The number of likely N-dealkylation sites (tertiary alicyclic amines) is 1. The van der Waals surface area contributed by atoms with Crippen LogP contribution in [0.1, 0.15) is 32.8 Å². The van der Waals surface area contributed by atoms with Gasteiger partial charge >= 0.3 is 6.09 Å². The Morgan fingerprint density at radius 2 is 2.04 bits per heavy atom. The number of likely N-dealkylation sites (N-methyl/N-ethyl adjacent to an activating group) is 1. The van der Waals surface area contributed by atoms with Crippen LogP contribution in [0.25, 0.3) is 0 Å². The van der Waals surface area contributed by atoms with E-state index in [4.69, 9.17) is 9.57 Å². The number of rotatable bonds is 3. The Bertz CT molecular complexity index is 781. The van der Waals surface area contributed by atoms with Gasteiger partial charge < -0.3 is 4.74 Å². The van der Waals surface area contributed by atoms with Crippen molar-refractivity contribution in [1.29, 1.82) is 0 Å². The molecule has 148 valence electrons. The van der Waals surface area contributed by atoms with Crippen LogP contribution in [0.3, 0.4) is 0 Å². The third kappa shape index (κ3) is 3.57. The summed E-state index contributed by atoms with van der Waals surface area (Å²) in [6.45, 7) is 5.53. The molecule has 3 atom stereocenters. The van der Waals surface area contributed by atoms with E-state index in [1.807, 2.05) is 0 Å². The lowest BCUT2D eigenvalue weighted by atomic mass is 9.93. The maximum atomic E-state index is 14.6. The standard InChI is InChI=1S/C19H24BrFN2O4/c1-18(2,3)27-17(25)23-10-19(12-8-11(20)6-7-14(12)21)9-13(19)15(23)16(24)22(4)26-5/h6-8,13,15H,9-10H2,1-5H3/t13-,15?,19+/m0/s1. The van der Waals surface area contributed by atoms with Crippen molar-refractivity contribution < 1.29 is 23.6 Å². The number of piperidine rings is 1. The summed E-state index contributed by atoms with van der Waals surface area (Å²) < 4.78 is 20.8. The number of hydrogen-bond acceptors (Lipinski definition) is 4. The SMILES string of the molecule is CON(C)C(=O)C1[C@@H]2C[C@]2(c2cc(Br)ccc2F)CN1C(=O)OC(C)(C)C. The van der Waals surface area contributed by atoms with Gasteiger partial charge in [0.15, 0.2) is 0 Å². The minimum atomic E-state index is -0.747. The molecule has 1 aliphatic heterocycles. The molecule has 1 unspecified atom stereocenters. The van der Waals surface area contributed by atoms with Crippen LogP contribution in [0.2, 0.25) is 0 Å². The van der Waals surface area contributed by atoms with Crippen LogP contribution in [0.4, 0.5) is 9.18 Å². The van der Waals surface area contributed by atoms with E-state index in [9.17, 15) is 14.0 Å². The minimum absolute atomic E-state index is 0.182. The Morgan fingerprint density at radius 3 is 2.63 bits per heavy atom. The monoisotopic (exact) mass is 442 g/mol. The molecule has 0 N–H and O–H groups in total. The van der Waals surface area contributed by atoms with E-state index in [1.54, 1.807) is 32.9 Å². The molecule has 6 nitrogen and oxygen atoms in total. The van der Waals surface area contributed by atoms with Gasteiger partial charge in [-0.1, -0.05) is 15.9 Å². The van der Waals surface area contributed by atoms with E-state index in [0.717, 1.165) is 9.54 Å². The number of carbonyl (C=O) groups is 2. The summed E-state index contributed by atoms with van der Waals surface area (Å²) in [6.07, 6.45) is 0.0560. The maximum Gasteiger partial charge on any atom is 0.411 e. The molecule has 1 aromatic carbocycles. The molecular formula is C19H24BrFN2O4. The largest absolute Gasteiger partial charge is 0.444 e. The maximum absolute atomic E-state index is 14.6. The predicted molar refractivity (Wildman–Crippen MR) is 100 cm³/mol. The smallest absolute Gasteiger partial charge is 0.411 e. The normalized spacial score (nSPS) is 26.6. The molecule has 0 bridgehead atoms. The first-order valence-electron chi connectivity index (χ1n) is 8.77. The summed E-state index contributed by atoms with van der Waals surface area (Å²) in [6, 6.07) is 4.02. The van der Waals surface area contributed by atoms with Crippen LogP contribution in [0.5, 0.6) is 0 Å². The molecule has 8 heteroatoms. The molecule has 2 aliphatic rings. The quantitative estimate of drug-likeness (QED) is 0.672. The van der Waals surface area contributed by atoms with Gasteiger partial charge in [-0.3, -0.25) is 14.5 Å². The van der Waals surface area contributed by atoms with E-state index in [0.29, 0.717) is 12.0 Å². The first kappa shape index (κ1) is 20.1. The van der Waals surface area contributed by atoms with Gasteiger partial charge in [-0.15, -0.1) is 0 Å². The summed E-state index contributed by atoms with van der Waals surface area (Å²) in [7, 11) is 2.89. The number of ether oxygens (including phenoxy) is 1. The number of halogens is 2. The predicted octanol–water partition coefficient (Wildman–Crippen LogP) is 3.49. The highest BCUT2D eigenvalue weighted by atomic mass is 79.9. The molecule has 3 rings (SSSR count). The number of hydrogen-bond donors (Lipinski definition) is 0. The number of carbonyl (C=O) groups excluding carboxylic acids is 2. The Balaban J connectivity index is 1.97. The lowest BCUT2D eigenvalue weighted by Gasteiger charge is -2.31. The van der Waals surface area contributed by atoms with Gasteiger partial charge in [-0.2, -0.15) is 0 Å². The summed E-state index contributed by atoms with van der Waals surface area (Å²) >= 11 is 3.38. The number of amides is 2. The average molecular weight is 443 g/mol. The summed E-state index contributed by atoms with van der Waals surface area (Å²) in [4.78, 5) is 32.1. The summed E-state index contributed by atoms with van der Waals surface area (Å²) in [5, 5.41) is 1.10. The average Bonchev–Trinajstić information content (AvgIpc) is 3.20. The Labute approximate surface area is 166 Å². The van der Waals surface area contributed by atoms with Crippen LogP contribution in [-0.2, 0) is 19.8 Å². The van der Waals surface area contributed by atoms with Crippen molar-refractivity contribution >= 4 is 27.9 Å². The van der Waals surface area contributed by atoms with Crippen molar-refractivity contribution in [2.75, 3.05) is 20.7 Å². The third-order valence-corrected chi connectivity index (χ3v) is 5.73. The topological polar surface area (TPSA) is 59.1 Å². The number of fused-ring (bicyclic) bond motifs is 1. The zero-order chi connectivity index (χ0) is 20.1. The third-order valence-electron chi connectivity index (χ3n) is 5.23. The second kappa shape index (κ2) is 6.74. The molecule has 0 spiro atoms. The highest BCUT2D eigenvalue weighted by Gasteiger charge is 2.70. The zero-order valence-electron chi connectivity index (χ0n) is 16.1. The fraction of sp³-hybridized carbons (Fsp3) is 0.579. The molecule has 2 amide bonds. The van der Waals surface area contributed by atoms with Gasteiger partial charge in [0, 0.05) is 29.4 Å². The Hall–Kier alpha value is -1.67. The Kier molecular flexibility index (Phi) is 5.01. The van der Waals surface area contributed by atoms with Gasteiger partial charge in [0.1, 0.15) is 17.5 Å². The highest BCUT2D eigenvalue weighted by Crippen LogP contribution is 2.63. The lowest BCUT2D eigenvalue weighted by Crippen LogP contribution is -2.50. The molecule has 0 radical (unpaired) electrons. The van der Waals surface area contributed by atoms with Crippen molar-refractivity contribution in [2.24, 2.45) is 5.92 Å². The van der Waals surface area contributed by atoms with E-state index in [-0.39, 0.29) is 24.2 Å². The van der Waals surface area contributed by atoms with E-state index in [1.165, 1.54) is 25.1 Å². The van der Waals surface area contributed by atoms with Gasteiger partial charge in [0.25, 0.3) is 5.91 Å². The second-order valence-electron chi connectivity index (χ2n) is 8.16. The van der Waals surface area contributed by atoms with Crippen LogP contribution in [-0.4, -0.2) is 54.3 Å². The molecule has 1 saturated carbocycles. The first-order valence-corrected chi connectivity index (χ1v) is 9.56. The van der Waals surface area contributed by atoms with E-state index < -0.39 is 23.2 Å². The van der Waals surface area contributed by atoms with Crippen molar-refractivity contribution in [3.63, 3.8) is 0 Å². The molecular weight excluding hydrogens is 419 g/mol. The minimum Gasteiger partial charge on any atom is -0.444 e. The van der Waals surface area contributed by atoms with Crippen LogP contribution in [0.15, 0.2) is 22.7 Å². The molecule has 1 aliphatic carbocycles. The number of hydroxylamine groups is 2.